The van der Waals surface area contributed by atoms with E-state index in [9.17, 15) is 17.6 Å². The van der Waals surface area contributed by atoms with Crippen molar-refractivity contribution in [2.45, 2.75) is 25.3 Å². The van der Waals surface area contributed by atoms with Crippen LogP contribution in [0, 0.1) is 0 Å². The van der Waals surface area contributed by atoms with Gasteiger partial charge in [-0.15, -0.1) is 0 Å². The number of guanidine groups is 1. The van der Waals surface area contributed by atoms with Gasteiger partial charge in [0.1, 0.15) is 6.54 Å². The third-order valence-electron chi connectivity index (χ3n) is 1.70. The smallest absolute Gasteiger partial charge is 0.326 e. The number of halogens is 4. The highest BCUT2D eigenvalue weighted by Gasteiger charge is 2.40. The second-order valence-electron chi connectivity index (χ2n) is 3.37. The summed E-state index contributed by atoms with van der Waals surface area (Å²) in [6.07, 6.45) is -3.76. The van der Waals surface area contributed by atoms with Crippen molar-refractivity contribution >= 4 is 5.96 Å². The number of nitrogens with two attached hydrogens (primary N) is 1. The highest BCUT2D eigenvalue weighted by Crippen LogP contribution is 2.22. The molecule has 1 atom stereocenters. The van der Waals surface area contributed by atoms with E-state index in [0.717, 1.165) is 0 Å². The lowest BCUT2D eigenvalue weighted by atomic mass is 10.3. The van der Waals surface area contributed by atoms with Gasteiger partial charge in [0.25, 0.3) is 0 Å². The summed E-state index contributed by atoms with van der Waals surface area (Å²) in [5, 5.41) is 2.59. The van der Waals surface area contributed by atoms with Crippen LogP contribution in [0.2, 0.25) is 0 Å². The number of ether oxygens (including phenoxy) is 1. The van der Waals surface area contributed by atoms with Gasteiger partial charge in [0.15, 0.2) is 0 Å². The van der Waals surface area contributed by atoms with Gasteiger partial charge in [-0.3, -0.25) is 5.43 Å². The Morgan fingerprint density at radius 3 is 2.47 bits per heavy atom. The Morgan fingerprint density at radius 2 is 2.06 bits per heavy atom. The fourth-order valence-corrected chi connectivity index (χ4v) is 0.911. The van der Waals surface area contributed by atoms with Crippen LogP contribution in [-0.2, 0) is 4.74 Å². The SMILES string of the molecule is COCC(C)NC(=NCC(F)(F)C(F)F)NN. The first-order valence-corrected chi connectivity index (χ1v) is 4.76. The summed E-state index contributed by atoms with van der Waals surface area (Å²) in [5.74, 6) is 0.635. The van der Waals surface area contributed by atoms with Gasteiger partial charge in [-0.1, -0.05) is 0 Å². The Labute approximate surface area is 96.4 Å². The molecule has 0 aromatic rings. The van der Waals surface area contributed by atoms with Crippen LogP contribution in [0.5, 0.6) is 0 Å². The molecule has 0 bridgehead atoms. The molecular formula is C8H16F4N4O. The molecule has 1 unspecified atom stereocenters. The normalized spacial score (nSPS) is 14.9. The van der Waals surface area contributed by atoms with Crippen molar-refractivity contribution in [3.05, 3.63) is 0 Å². The number of rotatable bonds is 6. The zero-order valence-electron chi connectivity index (χ0n) is 9.51. The van der Waals surface area contributed by atoms with Gasteiger partial charge in [-0.2, -0.15) is 8.78 Å². The first-order valence-electron chi connectivity index (χ1n) is 4.76. The van der Waals surface area contributed by atoms with Gasteiger partial charge >= 0.3 is 12.3 Å². The quantitative estimate of drug-likeness (QED) is 0.212. The van der Waals surface area contributed by atoms with Gasteiger partial charge in [0.05, 0.1) is 6.61 Å². The molecule has 0 saturated carbocycles. The Balaban J connectivity index is 4.36. The summed E-state index contributed by atoms with van der Waals surface area (Å²) in [4.78, 5) is 3.24. The molecule has 9 heteroatoms. The Hall–Kier alpha value is -1.09. The minimum atomic E-state index is -4.17. The first-order chi connectivity index (χ1) is 7.83. The van der Waals surface area contributed by atoms with Crippen LogP contribution in [0.3, 0.4) is 0 Å². The third-order valence-corrected chi connectivity index (χ3v) is 1.70. The fraction of sp³-hybridized carbons (Fsp3) is 0.875. The highest BCUT2D eigenvalue weighted by molar-refractivity contribution is 5.79. The second-order valence-corrected chi connectivity index (χ2v) is 3.37. The lowest BCUT2D eigenvalue weighted by Crippen LogP contribution is -2.47. The van der Waals surface area contributed by atoms with E-state index in [1.165, 1.54) is 7.11 Å². The second kappa shape index (κ2) is 7.28. The van der Waals surface area contributed by atoms with Crippen LogP contribution in [-0.4, -0.2) is 44.6 Å². The molecule has 0 rings (SSSR count). The van der Waals surface area contributed by atoms with E-state index in [0.29, 0.717) is 0 Å². The minimum Gasteiger partial charge on any atom is -0.383 e. The molecule has 0 fully saturated rings. The summed E-state index contributed by atoms with van der Waals surface area (Å²) in [5.41, 5.74) is 2.01. The molecule has 0 aromatic heterocycles. The van der Waals surface area contributed by atoms with Crippen LogP contribution in [0.4, 0.5) is 17.6 Å². The van der Waals surface area contributed by atoms with E-state index in [1.54, 1.807) is 6.92 Å². The molecule has 0 radical (unpaired) electrons. The summed E-state index contributed by atoms with van der Waals surface area (Å²) < 4.78 is 53.6. The van der Waals surface area contributed by atoms with E-state index >= 15 is 0 Å². The van der Waals surface area contributed by atoms with E-state index < -0.39 is 18.9 Å². The van der Waals surface area contributed by atoms with Crippen LogP contribution >= 0.6 is 0 Å². The average Bonchev–Trinajstić information content (AvgIpc) is 2.24. The van der Waals surface area contributed by atoms with Crippen LogP contribution < -0.4 is 16.6 Å². The zero-order chi connectivity index (χ0) is 13.5. The van der Waals surface area contributed by atoms with Crippen LogP contribution in [0.1, 0.15) is 6.92 Å². The Morgan fingerprint density at radius 1 is 1.47 bits per heavy atom. The Kier molecular flexibility index (Phi) is 6.81. The van der Waals surface area contributed by atoms with Crippen LogP contribution in [0.25, 0.3) is 0 Å². The number of hydrogen-bond donors (Lipinski definition) is 3. The molecule has 0 aliphatic heterocycles. The molecule has 4 N–H and O–H groups in total. The van der Waals surface area contributed by atoms with Crippen molar-refractivity contribution in [2.24, 2.45) is 10.8 Å². The number of nitrogens with zero attached hydrogens (tertiary/aromatic N) is 1. The molecule has 0 spiro atoms. The average molecular weight is 260 g/mol. The third kappa shape index (κ3) is 6.27. The van der Waals surface area contributed by atoms with Crippen molar-refractivity contribution < 1.29 is 22.3 Å². The van der Waals surface area contributed by atoms with Crippen molar-refractivity contribution in [1.29, 1.82) is 0 Å². The maximum Gasteiger partial charge on any atom is 0.326 e. The predicted molar refractivity (Wildman–Crippen MR) is 55.0 cm³/mol. The lowest BCUT2D eigenvalue weighted by Gasteiger charge is -2.17. The lowest BCUT2D eigenvalue weighted by molar-refractivity contribution is -0.120. The zero-order valence-corrected chi connectivity index (χ0v) is 9.51. The minimum absolute atomic E-state index is 0.199. The maximum absolute atomic E-state index is 12.6. The van der Waals surface area contributed by atoms with E-state index in [2.05, 4.69) is 10.3 Å². The highest BCUT2D eigenvalue weighted by atomic mass is 19.3. The molecule has 0 aromatic carbocycles. The molecule has 5 nitrogen and oxygen atoms in total. The number of nitrogens with one attached hydrogen (secondary N) is 2. The molecule has 0 aliphatic carbocycles. The molecular weight excluding hydrogens is 244 g/mol. The van der Waals surface area contributed by atoms with Crippen LogP contribution in [0.15, 0.2) is 4.99 Å². The van der Waals surface area contributed by atoms with E-state index in [1.807, 2.05) is 5.43 Å². The Bertz CT molecular complexity index is 250. The van der Waals surface area contributed by atoms with Crippen molar-refractivity contribution in [3.8, 4) is 0 Å². The molecule has 0 aliphatic rings. The number of hydrazine groups is 1. The molecule has 102 valence electrons. The number of methoxy groups -OCH3 is 1. The number of aliphatic imine (C=N–C) groups is 1. The first kappa shape index (κ1) is 15.9. The van der Waals surface area contributed by atoms with Gasteiger partial charge in [0, 0.05) is 13.2 Å². The topological polar surface area (TPSA) is 71.7 Å². The standard InChI is InChI=1S/C8H16F4N4O/c1-5(3-17-2)15-7(16-13)14-4-8(11,12)6(9)10/h5-6H,3-4,13H2,1-2H3,(H2,14,15,16). The van der Waals surface area contributed by atoms with E-state index in [-0.39, 0.29) is 18.6 Å². The summed E-state index contributed by atoms with van der Waals surface area (Å²) in [6, 6.07) is -0.255. The summed E-state index contributed by atoms with van der Waals surface area (Å²) in [7, 11) is 1.45. The van der Waals surface area contributed by atoms with Gasteiger partial charge in [-0.25, -0.2) is 19.6 Å². The monoisotopic (exact) mass is 260 g/mol. The van der Waals surface area contributed by atoms with Crippen molar-refractivity contribution in [2.75, 3.05) is 20.3 Å². The molecule has 0 amide bonds. The maximum atomic E-state index is 12.6. The fourth-order valence-electron chi connectivity index (χ4n) is 0.911. The number of hydrogen-bond acceptors (Lipinski definition) is 3. The van der Waals surface area contributed by atoms with Gasteiger partial charge in [-0.05, 0) is 6.92 Å². The largest absolute Gasteiger partial charge is 0.383 e. The molecule has 0 saturated heterocycles. The van der Waals surface area contributed by atoms with Gasteiger partial charge < -0.3 is 10.1 Å². The van der Waals surface area contributed by atoms with Crippen molar-refractivity contribution in [3.63, 3.8) is 0 Å². The molecule has 17 heavy (non-hydrogen) atoms. The number of alkyl halides is 4. The van der Waals surface area contributed by atoms with Crippen molar-refractivity contribution in [1.82, 2.24) is 10.7 Å². The van der Waals surface area contributed by atoms with Gasteiger partial charge in [0.2, 0.25) is 5.96 Å². The summed E-state index contributed by atoms with van der Waals surface area (Å²) >= 11 is 0. The van der Waals surface area contributed by atoms with E-state index in [4.69, 9.17) is 10.6 Å². The summed E-state index contributed by atoms with van der Waals surface area (Å²) in [6.45, 7) is 0.616. The molecule has 0 heterocycles. The predicted octanol–water partition coefficient (Wildman–Crippen LogP) is 0.331.